The number of amides is 1. The van der Waals surface area contributed by atoms with Crippen molar-refractivity contribution < 1.29 is 14.7 Å². The number of carbonyl (C=O) groups excluding carboxylic acids is 1. The monoisotopic (exact) mass is 304 g/mol. The molecule has 21 heavy (non-hydrogen) atoms. The van der Waals surface area contributed by atoms with Crippen LogP contribution in [0.15, 0.2) is 48.8 Å². The molecule has 0 unspecified atom stereocenters. The molecule has 108 valence electrons. The van der Waals surface area contributed by atoms with Crippen LogP contribution >= 0.6 is 11.6 Å². The number of hydrogen-bond acceptors (Lipinski definition) is 3. The van der Waals surface area contributed by atoms with E-state index in [4.69, 9.17) is 11.6 Å². The molecule has 0 saturated carbocycles. The van der Waals surface area contributed by atoms with Crippen LogP contribution in [0.3, 0.4) is 0 Å². The maximum Gasteiger partial charge on any atom is 0.326 e. The predicted octanol–water partition coefficient (Wildman–Crippen LogP) is 2.16. The summed E-state index contributed by atoms with van der Waals surface area (Å²) in [6, 6.07) is 8.99. The molecule has 0 spiro atoms. The summed E-state index contributed by atoms with van der Waals surface area (Å²) in [6.45, 7) is 0. The summed E-state index contributed by atoms with van der Waals surface area (Å²) >= 11 is 5.78. The molecule has 0 saturated heterocycles. The maximum absolute atomic E-state index is 12.0. The number of halogens is 1. The smallest absolute Gasteiger partial charge is 0.326 e. The predicted molar refractivity (Wildman–Crippen MR) is 78.3 cm³/mol. The fraction of sp³-hybridized carbons (Fsp3) is 0.133. The summed E-state index contributed by atoms with van der Waals surface area (Å²) in [5, 5.41) is 12.3. The first-order chi connectivity index (χ1) is 10.1. The number of aromatic nitrogens is 1. The fourth-order valence-electron chi connectivity index (χ4n) is 1.79. The zero-order valence-electron chi connectivity index (χ0n) is 11.0. The Labute approximate surface area is 126 Å². The number of nitrogens with one attached hydrogen (secondary N) is 1. The third kappa shape index (κ3) is 4.29. The van der Waals surface area contributed by atoms with Crippen LogP contribution in [0, 0.1) is 0 Å². The van der Waals surface area contributed by atoms with E-state index in [0.29, 0.717) is 10.6 Å². The Balaban J connectivity index is 2.07. The maximum atomic E-state index is 12.0. The van der Waals surface area contributed by atoms with E-state index >= 15 is 0 Å². The highest BCUT2D eigenvalue weighted by Crippen LogP contribution is 2.11. The molecular weight excluding hydrogens is 292 g/mol. The molecule has 1 amide bonds. The van der Waals surface area contributed by atoms with Gasteiger partial charge in [0.2, 0.25) is 0 Å². The van der Waals surface area contributed by atoms with Gasteiger partial charge in [-0.05, 0) is 29.8 Å². The van der Waals surface area contributed by atoms with E-state index in [1.165, 1.54) is 6.20 Å². The third-order valence-electron chi connectivity index (χ3n) is 2.88. The molecule has 0 radical (unpaired) electrons. The van der Waals surface area contributed by atoms with Gasteiger partial charge >= 0.3 is 5.97 Å². The Morgan fingerprint density at radius 3 is 2.52 bits per heavy atom. The van der Waals surface area contributed by atoms with E-state index in [1.807, 2.05) is 0 Å². The molecule has 0 fully saturated rings. The summed E-state index contributed by atoms with van der Waals surface area (Å²) in [6.07, 6.45) is 3.11. The van der Waals surface area contributed by atoms with Crippen molar-refractivity contribution in [3.63, 3.8) is 0 Å². The summed E-state index contributed by atoms with van der Waals surface area (Å²) in [5.74, 6) is -1.56. The molecule has 0 aliphatic carbocycles. The molecule has 2 rings (SSSR count). The molecule has 1 atom stereocenters. The first kappa shape index (κ1) is 15.0. The lowest BCUT2D eigenvalue weighted by molar-refractivity contribution is -0.139. The van der Waals surface area contributed by atoms with Crippen molar-refractivity contribution in [2.24, 2.45) is 0 Å². The van der Waals surface area contributed by atoms with Crippen LogP contribution in [0.1, 0.15) is 15.9 Å². The van der Waals surface area contributed by atoms with E-state index in [2.05, 4.69) is 10.3 Å². The molecule has 1 aromatic heterocycles. The molecular formula is C15H13ClN2O3. The van der Waals surface area contributed by atoms with Gasteiger partial charge in [-0.3, -0.25) is 9.78 Å². The van der Waals surface area contributed by atoms with Gasteiger partial charge in [-0.1, -0.05) is 23.7 Å². The molecule has 1 heterocycles. The molecule has 5 nitrogen and oxygen atoms in total. The Bertz CT molecular complexity index is 629. The van der Waals surface area contributed by atoms with E-state index in [-0.39, 0.29) is 6.42 Å². The Hall–Kier alpha value is -2.40. The number of aliphatic carboxylic acids is 1. The van der Waals surface area contributed by atoms with E-state index in [1.54, 1.807) is 42.6 Å². The van der Waals surface area contributed by atoms with Crippen molar-refractivity contribution in [3.8, 4) is 0 Å². The number of pyridine rings is 1. The third-order valence-corrected chi connectivity index (χ3v) is 3.13. The first-order valence-corrected chi connectivity index (χ1v) is 6.62. The highest BCUT2D eigenvalue weighted by molar-refractivity contribution is 6.30. The normalized spacial score (nSPS) is 11.7. The SMILES string of the molecule is O=C(N[C@@H](Cc1ccc(Cl)cc1)C(=O)O)c1cccnc1. The standard InChI is InChI=1S/C15H13ClN2O3/c16-12-5-3-10(4-6-12)8-13(15(20)21)18-14(19)11-2-1-7-17-9-11/h1-7,9,13H,8H2,(H,18,19)(H,20,21)/t13-/m0/s1. The van der Waals surface area contributed by atoms with Crippen molar-refractivity contribution in [1.82, 2.24) is 10.3 Å². The molecule has 2 N–H and O–H groups in total. The van der Waals surface area contributed by atoms with Crippen LogP contribution < -0.4 is 5.32 Å². The van der Waals surface area contributed by atoms with E-state index in [9.17, 15) is 14.7 Å². The largest absolute Gasteiger partial charge is 0.480 e. The minimum Gasteiger partial charge on any atom is -0.480 e. The van der Waals surface area contributed by atoms with Crippen molar-refractivity contribution in [2.45, 2.75) is 12.5 Å². The minimum absolute atomic E-state index is 0.179. The second-order valence-corrected chi connectivity index (χ2v) is 4.87. The first-order valence-electron chi connectivity index (χ1n) is 6.24. The zero-order chi connectivity index (χ0) is 15.2. The summed E-state index contributed by atoms with van der Waals surface area (Å²) in [4.78, 5) is 27.1. The van der Waals surface area contributed by atoms with Gasteiger partial charge in [-0.25, -0.2) is 4.79 Å². The van der Waals surface area contributed by atoms with Gasteiger partial charge in [-0.15, -0.1) is 0 Å². The van der Waals surface area contributed by atoms with Gasteiger partial charge in [0.15, 0.2) is 0 Å². The van der Waals surface area contributed by atoms with Crippen LogP contribution in [0.5, 0.6) is 0 Å². The fourth-order valence-corrected chi connectivity index (χ4v) is 1.92. The highest BCUT2D eigenvalue weighted by Gasteiger charge is 2.21. The average molecular weight is 305 g/mol. The molecule has 6 heteroatoms. The van der Waals surface area contributed by atoms with Crippen molar-refractivity contribution in [1.29, 1.82) is 0 Å². The van der Waals surface area contributed by atoms with Gasteiger partial charge in [0.1, 0.15) is 6.04 Å². The Kier molecular flexibility index (Phi) is 4.90. The molecule has 0 bridgehead atoms. The van der Waals surface area contributed by atoms with Crippen molar-refractivity contribution in [2.75, 3.05) is 0 Å². The lowest BCUT2D eigenvalue weighted by Gasteiger charge is -2.14. The Morgan fingerprint density at radius 1 is 1.24 bits per heavy atom. The number of carbonyl (C=O) groups is 2. The molecule has 0 aliphatic heterocycles. The summed E-state index contributed by atoms with van der Waals surface area (Å²) < 4.78 is 0. The zero-order valence-corrected chi connectivity index (χ0v) is 11.7. The number of hydrogen-bond donors (Lipinski definition) is 2. The number of benzene rings is 1. The Morgan fingerprint density at radius 2 is 1.95 bits per heavy atom. The summed E-state index contributed by atoms with van der Waals surface area (Å²) in [5.41, 5.74) is 1.10. The van der Waals surface area contributed by atoms with Crippen LogP contribution in [-0.4, -0.2) is 28.0 Å². The van der Waals surface area contributed by atoms with Gasteiger partial charge in [0.25, 0.3) is 5.91 Å². The van der Waals surface area contributed by atoms with E-state index < -0.39 is 17.9 Å². The van der Waals surface area contributed by atoms with Gasteiger partial charge in [0.05, 0.1) is 5.56 Å². The topological polar surface area (TPSA) is 79.3 Å². The number of rotatable bonds is 5. The summed E-state index contributed by atoms with van der Waals surface area (Å²) in [7, 11) is 0. The van der Waals surface area contributed by atoms with Gasteiger partial charge < -0.3 is 10.4 Å². The number of nitrogens with zero attached hydrogens (tertiary/aromatic N) is 1. The van der Waals surface area contributed by atoms with E-state index in [0.717, 1.165) is 5.56 Å². The minimum atomic E-state index is -1.10. The van der Waals surface area contributed by atoms with Gasteiger partial charge in [0, 0.05) is 23.8 Å². The van der Waals surface area contributed by atoms with Crippen molar-refractivity contribution in [3.05, 3.63) is 64.9 Å². The molecule has 0 aliphatic rings. The lowest BCUT2D eigenvalue weighted by Crippen LogP contribution is -2.42. The van der Waals surface area contributed by atoms with Crippen molar-refractivity contribution >= 4 is 23.5 Å². The van der Waals surface area contributed by atoms with Crippen LogP contribution in [0.2, 0.25) is 5.02 Å². The number of carboxylic acids is 1. The average Bonchev–Trinajstić information content (AvgIpc) is 2.49. The second-order valence-electron chi connectivity index (χ2n) is 4.44. The highest BCUT2D eigenvalue weighted by atomic mass is 35.5. The molecule has 1 aromatic carbocycles. The number of carboxylic acid groups (broad SMARTS) is 1. The molecule has 2 aromatic rings. The second kappa shape index (κ2) is 6.85. The quantitative estimate of drug-likeness (QED) is 0.887. The van der Waals surface area contributed by atoms with Crippen LogP contribution in [0.4, 0.5) is 0 Å². The van der Waals surface area contributed by atoms with Crippen LogP contribution in [-0.2, 0) is 11.2 Å². The van der Waals surface area contributed by atoms with Gasteiger partial charge in [-0.2, -0.15) is 0 Å². The lowest BCUT2D eigenvalue weighted by atomic mass is 10.1. The van der Waals surface area contributed by atoms with Crippen LogP contribution in [0.25, 0.3) is 0 Å².